The molecule has 0 aromatic carbocycles. The second-order valence-corrected chi connectivity index (χ2v) is 4.64. The summed E-state index contributed by atoms with van der Waals surface area (Å²) in [5, 5.41) is 0. The Balaban J connectivity index is 1.84. The van der Waals surface area contributed by atoms with Crippen LogP contribution >= 0.6 is 0 Å². The maximum Gasteiger partial charge on any atom is 0.185 e. The smallest absolute Gasteiger partial charge is 0.185 e. The Morgan fingerprint density at radius 2 is 1.00 bits per heavy atom. The zero-order chi connectivity index (χ0) is 12.5. The van der Waals surface area contributed by atoms with Crippen molar-refractivity contribution in [2.24, 2.45) is 28.3 Å². The molecule has 0 atom stereocenters. The van der Waals surface area contributed by atoms with Gasteiger partial charge >= 0.3 is 0 Å². The largest absolute Gasteiger partial charge is 0.349 e. The van der Waals surface area contributed by atoms with E-state index in [0.29, 0.717) is 26.4 Å². The summed E-state index contributed by atoms with van der Waals surface area (Å²) in [6, 6.07) is 0. The molecule has 1 spiro atoms. The van der Waals surface area contributed by atoms with Gasteiger partial charge in [-0.15, -0.1) is 0 Å². The third-order valence-corrected chi connectivity index (χ3v) is 2.84. The van der Waals surface area contributed by atoms with Crippen molar-refractivity contribution in [2.45, 2.75) is 24.9 Å². The zero-order valence-electron chi connectivity index (χ0n) is 9.58. The minimum Gasteiger partial charge on any atom is -0.349 e. The van der Waals surface area contributed by atoms with Crippen LogP contribution in [0.25, 0.3) is 0 Å². The molecule has 0 unspecified atom stereocenters. The third-order valence-electron chi connectivity index (χ3n) is 2.84. The molecule has 8 N–H and O–H groups in total. The molecule has 2 rings (SSSR count). The molecule has 2 fully saturated rings. The van der Waals surface area contributed by atoms with Gasteiger partial charge in [0.2, 0.25) is 0 Å². The lowest BCUT2D eigenvalue weighted by atomic mass is 9.90. The van der Waals surface area contributed by atoms with Gasteiger partial charge in [-0.3, -0.25) is 0 Å². The van der Waals surface area contributed by atoms with Crippen LogP contribution in [0.4, 0.5) is 0 Å². The number of hydrogen-bond donors (Lipinski definition) is 4. The van der Waals surface area contributed by atoms with Crippen molar-refractivity contribution in [2.75, 3.05) is 26.4 Å². The summed E-state index contributed by atoms with van der Waals surface area (Å²) in [5.41, 5.74) is 21.6. The molecule has 0 aromatic rings. The van der Waals surface area contributed by atoms with Crippen molar-refractivity contribution < 1.29 is 18.9 Å². The molecule has 2 aliphatic heterocycles. The van der Waals surface area contributed by atoms with E-state index >= 15 is 0 Å². The molecule has 0 aromatic heterocycles. The molecule has 0 bridgehead atoms. The quantitative estimate of drug-likeness (QED) is 0.384. The first-order valence-corrected chi connectivity index (χ1v) is 5.51. The highest BCUT2D eigenvalue weighted by Gasteiger charge is 2.43. The molecular formula is C9H20N4O4. The predicted molar refractivity (Wildman–Crippen MR) is 58.1 cm³/mol. The van der Waals surface area contributed by atoms with E-state index in [1.54, 1.807) is 0 Å². The van der Waals surface area contributed by atoms with E-state index in [2.05, 4.69) is 0 Å². The molecule has 0 radical (unpaired) electrons. The highest BCUT2D eigenvalue weighted by molar-refractivity contribution is 4.85. The van der Waals surface area contributed by atoms with E-state index in [1.807, 2.05) is 0 Å². The molecule has 8 heteroatoms. The molecule has 2 heterocycles. The number of rotatable bonds is 2. The fourth-order valence-electron chi connectivity index (χ4n) is 1.83. The molecule has 0 saturated carbocycles. The summed E-state index contributed by atoms with van der Waals surface area (Å²) in [7, 11) is 0. The van der Waals surface area contributed by atoms with Gasteiger partial charge < -0.3 is 41.9 Å². The summed E-state index contributed by atoms with van der Waals surface area (Å²) in [5.74, 6) is 0. The monoisotopic (exact) mass is 248 g/mol. The SMILES string of the molecule is NC(N)C1OCC2(CO1)COC(C(N)N)OC2. The predicted octanol–water partition coefficient (Wildman–Crippen LogP) is -2.79. The summed E-state index contributed by atoms with van der Waals surface area (Å²) in [6.07, 6.45) is -2.45. The van der Waals surface area contributed by atoms with Crippen molar-refractivity contribution >= 4 is 0 Å². The molecule has 8 nitrogen and oxygen atoms in total. The summed E-state index contributed by atoms with van der Waals surface area (Å²) in [6.45, 7) is 1.70. The van der Waals surface area contributed by atoms with Crippen LogP contribution in [0.5, 0.6) is 0 Å². The number of ether oxygens (including phenoxy) is 4. The molecule has 0 amide bonds. The van der Waals surface area contributed by atoms with Crippen LogP contribution in [0.2, 0.25) is 0 Å². The van der Waals surface area contributed by atoms with Gasteiger partial charge in [-0.2, -0.15) is 0 Å². The number of hydrogen-bond acceptors (Lipinski definition) is 8. The first kappa shape index (κ1) is 13.1. The summed E-state index contributed by atoms with van der Waals surface area (Å²) in [4.78, 5) is 0. The first-order chi connectivity index (χ1) is 8.02. The van der Waals surface area contributed by atoms with Crippen molar-refractivity contribution in [3.63, 3.8) is 0 Å². The molecule has 17 heavy (non-hydrogen) atoms. The highest BCUT2D eigenvalue weighted by atomic mass is 16.7. The normalized spacial score (nSPS) is 39.2. The van der Waals surface area contributed by atoms with Crippen molar-refractivity contribution in [1.29, 1.82) is 0 Å². The molecule has 2 aliphatic rings. The van der Waals surface area contributed by atoms with Crippen LogP contribution < -0.4 is 22.9 Å². The van der Waals surface area contributed by atoms with E-state index in [1.165, 1.54) is 0 Å². The average Bonchev–Trinajstić information content (AvgIpc) is 2.30. The Morgan fingerprint density at radius 3 is 1.24 bits per heavy atom. The van der Waals surface area contributed by atoms with Gasteiger partial charge in [0.1, 0.15) is 12.3 Å². The van der Waals surface area contributed by atoms with Crippen LogP contribution in [0.15, 0.2) is 0 Å². The van der Waals surface area contributed by atoms with E-state index < -0.39 is 24.9 Å². The average molecular weight is 248 g/mol. The van der Waals surface area contributed by atoms with Crippen molar-refractivity contribution in [3.05, 3.63) is 0 Å². The van der Waals surface area contributed by atoms with Gasteiger partial charge in [0.25, 0.3) is 0 Å². The minimum atomic E-state index is -0.650. The lowest BCUT2D eigenvalue weighted by Crippen LogP contribution is -2.59. The topological polar surface area (TPSA) is 141 Å². The number of nitrogens with two attached hydrogens (primary N) is 4. The van der Waals surface area contributed by atoms with E-state index in [9.17, 15) is 0 Å². The maximum absolute atomic E-state index is 5.48. The minimum absolute atomic E-state index is 0.323. The molecule has 0 aliphatic carbocycles. The van der Waals surface area contributed by atoms with Gasteiger partial charge in [0, 0.05) is 0 Å². The molecule has 2 saturated heterocycles. The Hall–Kier alpha value is -0.320. The van der Waals surface area contributed by atoms with Gasteiger partial charge in [-0.05, 0) is 0 Å². The molecular weight excluding hydrogens is 228 g/mol. The van der Waals surface area contributed by atoms with Crippen LogP contribution in [0.3, 0.4) is 0 Å². The van der Waals surface area contributed by atoms with Gasteiger partial charge in [-0.25, -0.2) is 0 Å². The summed E-state index contributed by atoms with van der Waals surface area (Å²) >= 11 is 0. The fraction of sp³-hybridized carbons (Fsp3) is 1.00. The summed E-state index contributed by atoms with van der Waals surface area (Å²) < 4.78 is 21.7. The van der Waals surface area contributed by atoms with Crippen molar-refractivity contribution in [3.8, 4) is 0 Å². The van der Waals surface area contributed by atoms with E-state index in [4.69, 9.17) is 41.9 Å². The lowest BCUT2D eigenvalue weighted by molar-refractivity contribution is -0.307. The highest BCUT2D eigenvalue weighted by Crippen LogP contribution is 2.30. The second-order valence-electron chi connectivity index (χ2n) is 4.64. The van der Waals surface area contributed by atoms with Gasteiger partial charge in [-0.1, -0.05) is 0 Å². The zero-order valence-corrected chi connectivity index (χ0v) is 9.58. The Labute approximate surface area is 99.5 Å². The Morgan fingerprint density at radius 1 is 0.706 bits per heavy atom. The van der Waals surface area contributed by atoms with E-state index in [-0.39, 0.29) is 5.41 Å². The lowest BCUT2D eigenvalue weighted by Gasteiger charge is -2.44. The maximum atomic E-state index is 5.48. The van der Waals surface area contributed by atoms with Crippen LogP contribution in [0, 0.1) is 5.41 Å². The van der Waals surface area contributed by atoms with Crippen molar-refractivity contribution in [1.82, 2.24) is 0 Å². The Kier molecular flexibility index (Phi) is 3.95. The molecule has 100 valence electrons. The second kappa shape index (κ2) is 5.12. The van der Waals surface area contributed by atoms with E-state index in [0.717, 1.165) is 0 Å². The van der Waals surface area contributed by atoms with Gasteiger partial charge in [0.15, 0.2) is 12.6 Å². The first-order valence-electron chi connectivity index (χ1n) is 5.51. The van der Waals surface area contributed by atoms with Crippen LogP contribution in [0.1, 0.15) is 0 Å². The van der Waals surface area contributed by atoms with Gasteiger partial charge in [0.05, 0.1) is 31.8 Å². The van der Waals surface area contributed by atoms with Crippen LogP contribution in [-0.4, -0.2) is 51.3 Å². The standard InChI is InChI=1S/C9H20N4O4/c10-5(11)7-14-1-9(2-15-7)3-16-8(6(12)13)17-4-9/h5-8H,1-4,10-13H2. The van der Waals surface area contributed by atoms with Crippen LogP contribution in [-0.2, 0) is 18.9 Å². The fourth-order valence-corrected chi connectivity index (χ4v) is 1.83. The third kappa shape index (κ3) is 2.92. The Bertz CT molecular complexity index is 218.